The van der Waals surface area contributed by atoms with Crippen molar-refractivity contribution in [2.24, 2.45) is 11.3 Å². The molecule has 3 heteroatoms. The van der Waals surface area contributed by atoms with Gasteiger partial charge in [0.2, 0.25) is 0 Å². The van der Waals surface area contributed by atoms with Gasteiger partial charge in [0.1, 0.15) is 0 Å². The highest BCUT2D eigenvalue weighted by Gasteiger charge is 2.35. The Labute approximate surface area is 134 Å². The first-order valence-electron chi connectivity index (χ1n) is 8.51. The van der Waals surface area contributed by atoms with Gasteiger partial charge in [0.15, 0.2) is 0 Å². The van der Waals surface area contributed by atoms with Gasteiger partial charge in [-0.3, -0.25) is 4.90 Å². The molecule has 1 N–H and O–H groups in total. The van der Waals surface area contributed by atoms with Gasteiger partial charge in [-0.2, -0.15) is 0 Å². The largest absolute Gasteiger partial charge is 0.316 e. The highest BCUT2D eigenvalue weighted by Crippen LogP contribution is 2.40. The van der Waals surface area contributed by atoms with E-state index < -0.39 is 0 Å². The molecule has 0 saturated heterocycles. The molecule has 0 bridgehead atoms. The Bertz CT molecular complexity index is 388. The van der Waals surface area contributed by atoms with Crippen molar-refractivity contribution >= 4 is 11.3 Å². The van der Waals surface area contributed by atoms with Crippen LogP contribution in [0.25, 0.3) is 0 Å². The fourth-order valence-electron chi connectivity index (χ4n) is 3.57. The summed E-state index contributed by atoms with van der Waals surface area (Å²) in [5.74, 6) is 0.916. The van der Waals surface area contributed by atoms with E-state index in [9.17, 15) is 0 Å². The lowest BCUT2D eigenvalue weighted by Gasteiger charge is -2.43. The van der Waals surface area contributed by atoms with Crippen molar-refractivity contribution in [3.63, 3.8) is 0 Å². The van der Waals surface area contributed by atoms with Crippen LogP contribution in [0.2, 0.25) is 0 Å². The van der Waals surface area contributed by atoms with Gasteiger partial charge in [-0.25, -0.2) is 0 Å². The van der Waals surface area contributed by atoms with Gasteiger partial charge in [0, 0.05) is 24.0 Å². The molecule has 1 unspecified atom stereocenters. The van der Waals surface area contributed by atoms with Crippen molar-refractivity contribution in [2.45, 2.75) is 52.5 Å². The van der Waals surface area contributed by atoms with E-state index in [0.717, 1.165) is 12.5 Å². The second-order valence-electron chi connectivity index (χ2n) is 7.07. The first-order chi connectivity index (χ1) is 10.1. The number of hydrogen-bond acceptors (Lipinski definition) is 3. The summed E-state index contributed by atoms with van der Waals surface area (Å²) in [7, 11) is 2.30. The molecule has 1 saturated carbocycles. The van der Waals surface area contributed by atoms with Crippen LogP contribution in [0.5, 0.6) is 0 Å². The third-order valence-electron chi connectivity index (χ3n) is 5.29. The van der Waals surface area contributed by atoms with Gasteiger partial charge < -0.3 is 5.32 Å². The van der Waals surface area contributed by atoms with E-state index in [-0.39, 0.29) is 0 Å². The number of nitrogens with zero attached hydrogens (tertiary/aromatic N) is 1. The molecule has 0 aromatic carbocycles. The molecule has 2 rings (SSSR count). The first-order valence-corrected chi connectivity index (χ1v) is 9.38. The molecule has 1 heterocycles. The van der Waals surface area contributed by atoms with E-state index in [1.165, 1.54) is 43.6 Å². The van der Waals surface area contributed by atoms with E-state index in [2.05, 4.69) is 55.5 Å². The second kappa shape index (κ2) is 7.75. The number of rotatable bonds is 7. The van der Waals surface area contributed by atoms with Crippen LogP contribution >= 0.6 is 11.3 Å². The van der Waals surface area contributed by atoms with Crippen molar-refractivity contribution in [3.8, 4) is 0 Å². The van der Waals surface area contributed by atoms with Crippen LogP contribution in [-0.4, -0.2) is 31.6 Å². The van der Waals surface area contributed by atoms with Gasteiger partial charge in [0.25, 0.3) is 0 Å². The molecular formula is C18H32N2S. The Morgan fingerprint density at radius 2 is 2.14 bits per heavy atom. The Balaban J connectivity index is 2.00. The zero-order valence-corrected chi connectivity index (χ0v) is 15.0. The van der Waals surface area contributed by atoms with Gasteiger partial charge in [-0.1, -0.05) is 32.8 Å². The molecule has 1 aromatic rings. The summed E-state index contributed by atoms with van der Waals surface area (Å²) in [5, 5.41) is 5.82. The zero-order chi connectivity index (χ0) is 15.3. The third-order valence-corrected chi connectivity index (χ3v) is 6.33. The van der Waals surface area contributed by atoms with E-state index >= 15 is 0 Å². The van der Waals surface area contributed by atoms with Crippen molar-refractivity contribution in [3.05, 3.63) is 22.4 Å². The Morgan fingerprint density at radius 1 is 1.43 bits per heavy atom. The van der Waals surface area contributed by atoms with Crippen molar-refractivity contribution in [2.75, 3.05) is 26.7 Å². The maximum atomic E-state index is 3.63. The predicted molar refractivity (Wildman–Crippen MR) is 94.0 cm³/mol. The molecule has 1 aromatic heterocycles. The zero-order valence-electron chi connectivity index (χ0n) is 14.2. The van der Waals surface area contributed by atoms with Crippen molar-refractivity contribution in [1.82, 2.24) is 10.2 Å². The van der Waals surface area contributed by atoms with Crippen LogP contribution in [0.1, 0.15) is 57.4 Å². The molecule has 1 aliphatic carbocycles. The van der Waals surface area contributed by atoms with E-state index in [1.54, 1.807) is 0 Å². The minimum Gasteiger partial charge on any atom is -0.316 e. The Hall–Kier alpha value is -0.380. The number of hydrogen-bond donors (Lipinski definition) is 1. The molecule has 1 aliphatic rings. The van der Waals surface area contributed by atoms with Gasteiger partial charge >= 0.3 is 0 Å². The molecule has 2 nitrogen and oxygen atoms in total. The molecule has 0 amide bonds. The molecule has 0 radical (unpaired) electrons. The summed E-state index contributed by atoms with van der Waals surface area (Å²) >= 11 is 1.88. The molecular weight excluding hydrogens is 276 g/mol. The maximum absolute atomic E-state index is 3.63. The topological polar surface area (TPSA) is 15.3 Å². The SMILES string of the molecule is CCNCC1(CN(C)C(C)c2cccs2)CCC(C)CC1. The average molecular weight is 309 g/mol. The van der Waals surface area contributed by atoms with Gasteiger partial charge in [-0.15, -0.1) is 11.3 Å². The maximum Gasteiger partial charge on any atom is 0.0410 e. The third kappa shape index (κ3) is 4.54. The van der Waals surface area contributed by atoms with Crippen LogP contribution < -0.4 is 5.32 Å². The fraction of sp³-hybridized carbons (Fsp3) is 0.778. The summed E-state index contributed by atoms with van der Waals surface area (Å²) in [6, 6.07) is 4.97. The standard InChI is InChI=1S/C18H32N2S/c1-5-19-13-18(10-8-15(2)9-11-18)14-20(4)16(3)17-7-6-12-21-17/h6-7,12,15-16,19H,5,8-11,13-14H2,1-4H3. The summed E-state index contributed by atoms with van der Waals surface area (Å²) in [4.78, 5) is 4.05. The summed E-state index contributed by atoms with van der Waals surface area (Å²) < 4.78 is 0. The van der Waals surface area contributed by atoms with Crippen LogP contribution in [0, 0.1) is 11.3 Å². The Morgan fingerprint density at radius 3 is 2.71 bits per heavy atom. The highest BCUT2D eigenvalue weighted by atomic mass is 32.1. The van der Waals surface area contributed by atoms with Gasteiger partial charge in [0.05, 0.1) is 0 Å². The molecule has 0 spiro atoms. The minimum atomic E-state index is 0.475. The van der Waals surface area contributed by atoms with E-state index in [0.29, 0.717) is 11.5 Å². The molecule has 21 heavy (non-hydrogen) atoms. The van der Waals surface area contributed by atoms with Crippen LogP contribution in [0.15, 0.2) is 17.5 Å². The lowest BCUT2D eigenvalue weighted by molar-refractivity contribution is 0.0831. The average Bonchev–Trinajstić information content (AvgIpc) is 3.01. The quantitative estimate of drug-likeness (QED) is 0.795. The lowest BCUT2D eigenvalue weighted by Crippen LogP contribution is -2.45. The van der Waals surface area contributed by atoms with Crippen LogP contribution in [0.3, 0.4) is 0 Å². The van der Waals surface area contributed by atoms with Crippen molar-refractivity contribution in [1.29, 1.82) is 0 Å². The predicted octanol–water partition coefficient (Wildman–Crippen LogP) is 4.55. The van der Waals surface area contributed by atoms with Gasteiger partial charge in [-0.05, 0) is 56.1 Å². The van der Waals surface area contributed by atoms with Crippen LogP contribution in [-0.2, 0) is 0 Å². The van der Waals surface area contributed by atoms with E-state index in [4.69, 9.17) is 0 Å². The minimum absolute atomic E-state index is 0.475. The lowest BCUT2D eigenvalue weighted by atomic mass is 9.70. The van der Waals surface area contributed by atoms with Crippen LogP contribution in [0.4, 0.5) is 0 Å². The molecule has 0 aliphatic heterocycles. The summed E-state index contributed by atoms with van der Waals surface area (Å²) in [5.41, 5.74) is 0.475. The second-order valence-corrected chi connectivity index (χ2v) is 8.05. The molecule has 120 valence electrons. The monoisotopic (exact) mass is 308 g/mol. The first kappa shape index (κ1) is 17.0. The summed E-state index contributed by atoms with van der Waals surface area (Å²) in [6.07, 6.45) is 5.55. The molecule has 1 atom stereocenters. The molecule has 1 fully saturated rings. The summed E-state index contributed by atoms with van der Waals surface area (Å²) in [6.45, 7) is 10.5. The fourth-order valence-corrected chi connectivity index (χ4v) is 4.42. The smallest absolute Gasteiger partial charge is 0.0410 e. The highest BCUT2D eigenvalue weighted by molar-refractivity contribution is 7.10. The Kier molecular flexibility index (Phi) is 6.27. The normalized spacial score (nSPS) is 28.0. The van der Waals surface area contributed by atoms with E-state index in [1.807, 2.05) is 11.3 Å². The number of thiophene rings is 1. The number of nitrogens with one attached hydrogen (secondary N) is 1. The van der Waals surface area contributed by atoms with Crippen molar-refractivity contribution < 1.29 is 0 Å².